The summed E-state index contributed by atoms with van der Waals surface area (Å²) in [6, 6.07) is 4.37. The van der Waals surface area contributed by atoms with Crippen LogP contribution in [0.1, 0.15) is 30.7 Å². The first-order chi connectivity index (χ1) is 9.08. The molecule has 0 radical (unpaired) electrons. The number of Topliss-reactive ketones (excluding diaryl/α,β-unsaturated/α-hetero) is 1. The van der Waals surface area contributed by atoms with Crippen molar-refractivity contribution in [3.8, 4) is 0 Å². The van der Waals surface area contributed by atoms with Crippen molar-refractivity contribution in [1.29, 1.82) is 0 Å². The minimum atomic E-state index is 0.124. The molecule has 1 aliphatic rings. The average Bonchev–Trinajstić information content (AvgIpc) is 2.92. The summed E-state index contributed by atoms with van der Waals surface area (Å²) < 4.78 is 0. The highest BCUT2D eigenvalue weighted by Crippen LogP contribution is 2.23. The van der Waals surface area contributed by atoms with E-state index in [4.69, 9.17) is 0 Å². The summed E-state index contributed by atoms with van der Waals surface area (Å²) in [5.41, 5.74) is 0. The number of amides is 1. The van der Waals surface area contributed by atoms with E-state index >= 15 is 0 Å². The lowest BCUT2D eigenvalue weighted by Gasteiger charge is -2.30. The lowest BCUT2D eigenvalue weighted by atomic mass is 10.1. The van der Waals surface area contributed by atoms with Crippen LogP contribution < -0.4 is 0 Å². The molecule has 0 N–H and O–H groups in total. The van der Waals surface area contributed by atoms with E-state index in [0.29, 0.717) is 32.5 Å². The van der Waals surface area contributed by atoms with E-state index in [-0.39, 0.29) is 17.7 Å². The minimum absolute atomic E-state index is 0.124. The number of hydrogen-bond acceptors (Lipinski definition) is 4. The second-order valence-electron chi connectivity index (χ2n) is 5.03. The molecule has 1 unspecified atom stereocenters. The summed E-state index contributed by atoms with van der Waals surface area (Å²) in [5.74, 6) is 0.391. The van der Waals surface area contributed by atoms with Crippen molar-refractivity contribution in [2.24, 2.45) is 0 Å². The molecule has 1 amide bonds. The van der Waals surface area contributed by atoms with Crippen LogP contribution in [0.15, 0.2) is 17.5 Å². The summed E-state index contributed by atoms with van der Waals surface area (Å²) in [6.45, 7) is 3.68. The third-order valence-corrected chi connectivity index (χ3v) is 4.72. The van der Waals surface area contributed by atoms with Gasteiger partial charge in [0.1, 0.15) is 5.78 Å². The molecule has 1 aromatic heterocycles. The van der Waals surface area contributed by atoms with E-state index in [1.807, 2.05) is 13.1 Å². The number of carbonyl (C=O) groups excluding carboxylic acids is 2. The first-order valence-electron chi connectivity index (χ1n) is 6.61. The smallest absolute Gasteiger partial charge is 0.236 e. The van der Waals surface area contributed by atoms with E-state index in [1.165, 1.54) is 4.88 Å². The van der Waals surface area contributed by atoms with Crippen molar-refractivity contribution in [1.82, 2.24) is 9.80 Å². The van der Waals surface area contributed by atoms with E-state index in [1.54, 1.807) is 16.2 Å². The molecule has 1 aliphatic heterocycles. The molecule has 2 rings (SSSR count). The molecule has 1 fully saturated rings. The van der Waals surface area contributed by atoms with Gasteiger partial charge in [0.05, 0.1) is 6.54 Å². The van der Waals surface area contributed by atoms with E-state index in [0.717, 1.165) is 0 Å². The van der Waals surface area contributed by atoms with Gasteiger partial charge in [-0.25, -0.2) is 0 Å². The van der Waals surface area contributed by atoms with Gasteiger partial charge in [-0.15, -0.1) is 11.3 Å². The molecule has 1 saturated heterocycles. The number of carbonyl (C=O) groups is 2. The van der Waals surface area contributed by atoms with Gasteiger partial charge in [-0.3, -0.25) is 14.5 Å². The standard InChI is InChI=1S/C14H20N2O2S/c1-11(13-4-3-9-19-13)15(2)10-14(18)16-7-5-12(17)6-8-16/h3-4,9,11H,5-8,10H2,1-2H3. The number of likely N-dealkylation sites (N-methyl/N-ethyl adjacent to an activating group) is 1. The van der Waals surface area contributed by atoms with Crippen LogP contribution >= 0.6 is 11.3 Å². The van der Waals surface area contributed by atoms with Crippen LogP contribution in [-0.2, 0) is 9.59 Å². The fraction of sp³-hybridized carbons (Fsp3) is 0.571. The van der Waals surface area contributed by atoms with Crippen molar-refractivity contribution >= 4 is 23.0 Å². The highest BCUT2D eigenvalue weighted by molar-refractivity contribution is 7.10. The van der Waals surface area contributed by atoms with Gasteiger partial charge >= 0.3 is 0 Å². The molecule has 0 saturated carbocycles. The second kappa shape index (κ2) is 6.30. The Morgan fingerprint density at radius 3 is 2.74 bits per heavy atom. The zero-order valence-corrected chi connectivity index (χ0v) is 12.3. The van der Waals surface area contributed by atoms with E-state index < -0.39 is 0 Å². The summed E-state index contributed by atoms with van der Waals surface area (Å²) in [7, 11) is 1.97. The Bertz CT molecular complexity index is 434. The maximum absolute atomic E-state index is 12.2. The molecular weight excluding hydrogens is 260 g/mol. The number of thiophene rings is 1. The quantitative estimate of drug-likeness (QED) is 0.846. The first kappa shape index (κ1) is 14.2. The topological polar surface area (TPSA) is 40.6 Å². The maximum Gasteiger partial charge on any atom is 0.236 e. The Morgan fingerprint density at radius 1 is 1.47 bits per heavy atom. The second-order valence-corrected chi connectivity index (χ2v) is 6.01. The largest absolute Gasteiger partial charge is 0.341 e. The van der Waals surface area contributed by atoms with Crippen molar-refractivity contribution in [3.05, 3.63) is 22.4 Å². The Hall–Kier alpha value is -1.20. The normalized spacial score (nSPS) is 17.8. The molecule has 19 heavy (non-hydrogen) atoms. The zero-order valence-electron chi connectivity index (χ0n) is 11.5. The predicted molar refractivity (Wildman–Crippen MR) is 76.2 cm³/mol. The third-order valence-electron chi connectivity index (χ3n) is 3.67. The number of ketones is 1. The molecule has 0 bridgehead atoms. The molecule has 104 valence electrons. The molecular formula is C14H20N2O2S. The van der Waals surface area contributed by atoms with Crippen molar-refractivity contribution in [3.63, 3.8) is 0 Å². The molecule has 2 heterocycles. The van der Waals surface area contributed by atoms with Gasteiger partial charge in [0, 0.05) is 36.9 Å². The Kier molecular flexibility index (Phi) is 4.71. The Morgan fingerprint density at radius 2 is 2.16 bits per heavy atom. The number of rotatable bonds is 4. The zero-order chi connectivity index (χ0) is 13.8. The predicted octanol–water partition coefficient (Wildman–Crippen LogP) is 1.93. The molecule has 4 nitrogen and oxygen atoms in total. The lowest BCUT2D eigenvalue weighted by Crippen LogP contribution is -2.43. The van der Waals surface area contributed by atoms with Crippen LogP contribution in [0.2, 0.25) is 0 Å². The van der Waals surface area contributed by atoms with E-state index in [9.17, 15) is 9.59 Å². The number of hydrogen-bond donors (Lipinski definition) is 0. The van der Waals surface area contributed by atoms with Crippen LogP contribution in [0, 0.1) is 0 Å². The SMILES string of the molecule is CC(c1cccs1)N(C)CC(=O)N1CCC(=O)CC1. The Labute approximate surface area is 118 Å². The fourth-order valence-corrected chi connectivity index (χ4v) is 3.05. The highest BCUT2D eigenvalue weighted by Gasteiger charge is 2.23. The number of piperidine rings is 1. The summed E-state index contributed by atoms with van der Waals surface area (Å²) in [4.78, 5) is 28.5. The summed E-state index contributed by atoms with van der Waals surface area (Å²) >= 11 is 1.71. The fourth-order valence-electron chi connectivity index (χ4n) is 2.20. The molecule has 1 atom stereocenters. The van der Waals surface area contributed by atoms with Gasteiger partial charge in [-0.1, -0.05) is 6.07 Å². The number of likely N-dealkylation sites (tertiary alicyclic amines) is 1. The average molecular weight is 280 g/mol. The van der Waals surface area contributed by atoms with Crippen LogP contribution in [0.5, 0.6) is 0 Å². The highest BCUT2D eigenvalue weighted by atomic mass is 32.1. The van der Waals surface area contributed by atoms with Crippen molar-refractivity contribution in [2.45, 2.75) is 25.8 Å². The van der Waals surface area contributed by atoms with Gasteiger partial charge < -0.3 is 4.90 Å². The van der Waals surface area contributed by atoms with Gasteiger partial charge in [0.2, 0.25) is 5.91 Å². The monoisotopic (exact) mass is 280 g/mol. The molecule has 0 aromatic carbocycles. The van der Waals surface area contributed by atoms with Crippen LogP contribution in [0.3, 0.4) is 0 Å². The Balaban J connectivity index is 1.86. The van der Waals surface area contributed by atoms with E-state index in [2.05, 4.69) is 23.3 Å². The number of nitrogens with zero attached hydrogens (tertiary/aromatic N) is 2. The van der Waals surface area contributed by atoms with Crippen LogP contribution in [0.25, 0.3) is 0 Å². The molecule has 1 aromatic rings. The van der Waals surface area contributed by atoms with Crippen LogP contribution in [-0.4, -0.2) is 48.2 Å². The van der Waals surface area contributed by atoms with Crippen molar-refractivity contribution in [2.75, 3.05) is 26.7 Å². The molecule has 0 spiro atoms. The maximum atomic E-state index is 12.2. The van der Waals surface area contributed by atoms with Crippen LogP contribution in [0.4, 0.5) is 0 Å². The first-order valence-corrected chi connectivity index (χ1v) is 7.49. The van der Waals surface area contributed by atoms with Gasteiger partial charge in [0.15, 0.2) is 0 Å². The van der Waals surface area contributed by atoms with Crippen molar-refractivity contribution < 1.29 is 9.59 Å². The molecule has 0 aliphatic carbocycles. The third kappa shape index (κ3) is 3.64. The molecule has 5 heteroatoms. The minimum Gasteiger partial charge on any atom is -0.341 e. The van der Waals surface area contributed by atoms with Gasteiger partial charge in [0.25, 0.3) is 0 Å². The lowest BCUT2D eigenvalue weighted by molar-refractivity contribution is -0.135. The summed E-state index contributed by atoms with van der Waals surface area (Å²) in [5, 5.41) is 2.05. The summed E-state index contributed by atoms with van der Waals surface area (Å²) in [6.07, 6.45) is 1.02. The van der Waals surface area contributed by atoms with Gasteiger partial charge in [-0.05, 0) is 25.4 Å². The van der Waals surface area contributed by atoms with Gasteiger partial charge in [-0.2, -0.15) is 0 Å².